The molecular formula is C20H23BrN2O2. The van der Waals surface area contributed by atoms with Crippen LogP contribution in [0.3, 0.4) is 0 Å². The minimum Gasteiger partial charge on any atom is -0.481 e. The third-order valence-electron chi connectivity index (χ3n) is 4.87. The van der Waals surface area contributed by atoms with Crippen LogP contribution in [0, 0.1) is 5.92 Å². The maximum Gasteiger partial charge on any atom is 0.307 e. The Morgan fingerprint density at radius 1 is 1.40 bits per heavy atom. The first-order valence-electron chi connectivity index (χ1n) is 8.75. The van der Waals surface area contributed by atoms with Crippen molar-refractivity contribution < 1.29 is 9.90 Å². The van der Waals surface area contributed by atoms with Crippen LogP contribution in [-0.4, -0.2) is 34.0 Å². The molecule has 1 aliphatic heterocycles. The van der Waals surface area contributed by atoms with Crippen LogP contribution in [0.2, 0.25) is 0 Å². The van der Waals surface area contributed by atoms with Crippen molar-refractivity contribution in [2.45, 2.75) is 32.2 Å². The lowest BCUT2D eigenvalue weighted by Gasteiger charge is -2.37. The number of rotatable bonds is 5. The Morgan fingerprint density at radius 2 is 2.24 bits per heavy atom. The van der Waals surface area contributed by atoms with Gasteiger partial charge in [0.2, 0.25) is 0 Å². The number of halogens is 1. The molecule has 0 aliphatic carbocycles. The van der Waals surface area contributed by atoms with E-state index in [1.165, 1.54) is 5.56 Å². The molecule has 2 heterocycles. The number of piperidine rings is 1. The number of aromatic nitrogens is 1. The first-order chi connectivity index (χ1) is 12.1. The van der Waals surface area contributed by atoms with Crippen molar-refractivity contribution in [1.29, 1.82) is 0 Å². The van der Waals surface area contributed by atoms with Crippen molar-refractivity contribution in [3.63, 3.8) is 0 Å². The molecule has 25 heavy (non-hydrogen) atoms. The van der Waals surface area contributed by atoms with Crippen molar-refractivity contribution in [3.05, 3.63) is 63.9 Å². The number of aliphatic carboxylic acids is 1. The van der Waals surface area contributed by atoms with Crippen LogP contribution in [0.25, 0.3) is 0 Å². The standard InChI is InChI=1S/C20H23BrN2O2/c1-2-14-8-9-18(22-12-14)19(15-5-3-7-17(21)11-15)23-10-4-6-16(13-23)20(24)25/h3,5,7-9,11-12,16,19H,2,4,6,10,13H2,1H3,(H,24,25). The molecule has 5 heteroatoms. The SMILES string of the molecule is CCc1ccc(C(c2cccc(Br)c2)N2CCCC(C(=O)O)C2)nc1. The number of carbonyl (C=O) groups is 1. The number of aryl methyl sites for hydroxylation is 1. The molecule has 2 unspecified atom stereocenters. The van der Waals surface area contributed by atoms with Crippen molar-refractivity contribution in [2.24, 2.45) is 5.92 Å². The van der Waals surface area contributed by atoms with E-state index in [0.29, 0.717) is 6.54 Å². The summed E-state index contributed by atoms with van der Waals surface area (Å²) < 4.78 is 1.02. The van der Waals surface area contributed by atoms with Gasteiger partial charge in [0.25, 0.3) is 0 Å². The molecule has 0 saturated carbocycles. The lowest BCUT2D eigenvalue weighted by atomic mass is 9.93. The van der Waals surface area contributed by atoms with E-state index < -0.39 is 5.97 Å². The second kappa shape index (κ2) is 8.11. The summed E-state index contributed by atoms with van der Waals surface area (Å²) in [5.41, 5.74) is 3.32. The van der Waals surface area contributed by atoms with Crippen LogP contribution >= 0.6 is 15.9 Å². The molecule has 2 aromatic rings. The van der Waals surface area contributed by atoms with Gasteiger partial charge in [-0.05, 0) is 55.1 Å². The summed E-state index contributed by atoms with van der Waals surface area (Å²) in [6, 6.07) is 12.4. The molecule has 0 spiro atoms. The third kappa shape index (κ3) is 4.28. The molecule has 1 aromatic carbocycles. The summed E-state index contributed by atoms with van der Waals surface area (Å²) in [6.07, 6.45) is 4.53. The zero-order chi connectivity index (χ0) is 17.8. The molecule has 4 nitrogen and oxygen atoms in total. The van der Waals surface area contributed by atoms with E-state index >= 15 is 0 Å². The fraction of sp³-hybridized carbons (Fsp3) is 0.400. The van der Waals surface area contributed by atoms with Crippen LogP contribution in [0.4, 0.5) is 0 Å². The fourth-order valence-electron chi connectivity index (χ4n) is 3.49. The molecule has 132 valence electrons. The number of likely N-dealkylation sites (tertiary alicyclic amines) is 1. The molecule has 1 fully saturated rings. The van der Waals surface area contributed by atoms with Gasteiger partial charge in [-0.1, -0.05) is 41.1 Å². The zero-order valence-corrected chi connectivity index (χ0v) is 15.9. The van der Waals surface area contributed by atoms with E-state index in [1.54, 1.807) is 0 Å². The smallest absolute Gasteiger partial charge is 0.307 e. The normalized spacial score (nSPS) is 19.5. The van der Waals surface area contributed by atoms with Gasteiger partial charge < -0.3 is 5.11 Å². The molecular weight excluding hydrogens is 380 g/mol. The van der Waals surface area contributed by atoms with Gasteiger partial charge in [-0.3, -0.25) is 14.7 Å². The number of carboxylic acid groups (broad SMARTS) is 1. The molecule has 1 aliphatic rings. The molecule has 0 amide bonds. The predicted octanol–water partition coefficient (Wildman–Crippen LogP) is 4.29. The topological polar surface area (TPSA) is 53.4 Å². The zero-order valence-electron chi connectivity index (χ0n) is 14.4. The Balaban J connectivity index is 1.97. The summed E-state index contributed by atoms with van der Waals surface area (Å²) in [6.45, 7) is 3.56. The highest BCUT2D eigenvalue weighted by Crippen LogP contribution is 2.33. The summed E-state index contributed by atoms with van der Waals surface area (Å²) >= 11 is 3.55. The lowest BCUT2D eigenvalue weighted by Crippen LogP contribution is -2.41. The average Bonchev–Trinajstić information content (AvgIpc) is 2.63. The Labute approximate surface area is 157 Å². The summed E-state index contributed by atoms with van der Waals surface area (Å²) in [4.78, 5) is 18.4. The summed E-state index contributed by atoms with van der Waals surface area (Å²) in [7, 11) is 0. The highest BCUT2D eigenvalue weighted by Gasteiger charge is 2.31. The third-order valence-corrected chi connectivity index (χ3v) is 5.36. The van der Waals surface area contributed by atoms with E-state index in [1.807, 2.05) is 18.3 Å². The van der Waals surface area contributed by atoms with Gasteiger partial charge >= 0.3 is 5.97 Å². The Kier molecular flexibility index (Phi) is 5.86. The van der Waals surface area contributed by atoms with E-state index in [0.717, 1.165) is 41.5 Å². The maximum atomic E-state index is 11.5. The first kappa shape index (κ1) is 18.1. The van der Waals surface area contributed by atoms with E-state index in [2.05, 4.69) is 52.0 Å². The minimum atomic E-state index is -0.702. The number of hydrogen-bond donors (Lipinski definition) is 1. The number of pyridine rings is 1. The molecule has 0 radical (unpaired) electrons. The van der Waals surface area contributed by atoms with Gasteiger partial charge in [0, 0.05) is 17.2 Å². The first-order valence-corrected chi connectivity index (χ1v) is 9.55. The van der Waals surface area contributed by atoms with Gasteiger partial charge in [-0.2, -0.15) is 0 Å². The van der Waals surface area contributed by atoms with E-state index in [-0.39, 0.29) is 12.0 Å². The molecule has 1 aromatic heterocycles. The Bertz CT molecular complexity index is 733. The average molecular weight is 403 g/mol. The monoisotopic (exact) mass is 402 g/mol. The van der Waals surface area contributed by atoms with Gasteiger partial charge in [-0.15, -0.1) is 0 Å². The highest BCUT2D eigenvalue weighted by atomic mass is 79.9. The Hall–Kier alpha value is -1.72. The molecule has 2 atom stereocenters. The summed E-state index contributed by atoms with van der Waals surface area (Å²) in [5, 5.41) is 9.44. The number of benzene rings is 1. The minimum absolute atomic E-state index is 0.0226. The molecule has 0 bridgehead atoms. The van der Waals surface area contributed by atoms with E-state index in [4.69, 9.17) is 4.98 Å². The van der Waals surface area contributed by atoms with Gasteiger partial charge in [-0.25, -0.2) is 0 Å². The maximum absolute atomic E-state index is 11.5. The van der Waals surface area contributed by atoms with Crippen LogP contribution in [0.1, 0.15) is 42.6 Å². The number of nitrogens with zero attached hydrogens (tertiary/aromatic N) is 2. The molecule has 3 rings (SSSR count). The second-order valence-electron chi connectivity index (χ2n) is 6.57. The van der Waals surface area contributed by atoms with Gasteiger partial charge in [0.15, 0.2) is 0 Å². The summed E-state index contributed by atoms with van der Waals surface area (Å²) in [5.74, 6) is -1.01. The van der Waals surface area contributed by atoms with Crippen LogP contribution in [0.5, 0.6) is 0 Å². The highest BCUT2D eigenvalue weighted by molar-refractivity contribution is 9.10. The van der Waals surface area contributed by atoms with Crippen molar-refractivity contribution in [2.75, 3.05) is 13.1 Å². The largest absolute Gasteiger partial charge is 0.481 e. The fourth-order valence-corrected chi connectivity index (χ4v) is 3.91. The second-order valence-corrected chi connectivity index (χ2v) is 7.49. The van der Waals surface area contributed by atoms with Crippen molar-refractivity contribution >= 4 is 21.9 Å². The molecule has 1 N–H and O–H groups in total. The van der Waals surface area contributed by atoms with Crippen LogP contribution in [-0.2, 0) is 11.2 Å². The lowest BCUT2D eigenvalue weighted by molar-refractivity contribution is -0.143. The number of hydrogen-bond acceptors (Lipinski definition) is 3. The van der Waals surface area contributed by atoms with Crippen molar-refractivity contribution in [1.82, 2.24) is 9.88 Å². The Morgan fingerprint density at radius 3 is 2.88 bits per heavy atom. The molecule has 1 saturated heterocycles. The number of carboxylic acids is 1. The van der Waals surface area contributed by atoms with Crippen LogP contribution in [0.15, 0.2) is 47.1 Å². The quantitative estimate of drug-likeness (QED) is 0.809. The van der Waals surface area contributed by atoms with E-state index in [9.17, 15) is 9.90 Å². The van der Waals surface area contributed by atoms with Crippen LogP contribution < -0.4 is 0 Å². The van der Waals surface area contributed by atoms with Gasteiger partial charge in [0.1, 0.15) is 0 Å². The van der Waals surface area contributed by atoms with Crippen molar-refractivity contribution in [3.8, 4) is 0 Å². The van der Waals surface area contributed by atoms with Gasteiger partial charge in [0.05, 0.1) is 17.7 Å². The predicted molar refractivity (Wildman–Crippen MR) is 102 cm³/mol.